The van der Waals surface area contributed by atoms with E-state index in [1.54, 1.807) is 31.3 Å². The monoisotopic (exact) mass is 286 g/mol. The standard InChI is InChI=1S/C15H18N4O2/c1-19(10-11-3-5-12(21-2)6-4-11)15(20)13-9-17-8-7-14(13)18-16/h3-9H,10,16H2,1-2H3,(H,17,18). The summed E-state index contributed by atoms with van der Waals surface area (Å²) in [4.78, 5) is 18.0. The molecule has 1 aromatic carbocycles. The number of nitrogens with zero attached hydrogens (tertiary/aromatic N) is 2. The molecule has 2 rings (SSSR count). The van der Waals surface area contributed by atoms with Crippen LogP contribution in [-0.2, 0) is 6.54 Å². The number of hydrogen-bond donors (Lipinski definition) is 2. The number of ether oxygens (including phenoxy) is 1. The van der Waals surface area contributed by atoms with Gasteiger partial charge in [0.2, 0.25) is 0 Å². The topological polar surface area (TPSA) is 80.5 Å². The van der Waals surface area contributed by atoms with Crippen molar-refractivity contribution in [2.24, 2.45) is 5.84 Å². The number of methoxy groups -OCH3 is 1. The van der Waals surface area contributed by atoms with E-state index in [0.29, 0.717) is 17.8 Å². The highest BCUT2D eigenvalue weighted by molar-refractivity contribution is 5.99. The minimum Gasteiger partial charge on any atom is -0.497 e. The molecule has 110 valence electrons. The number of amides is 1. The number of benzene rings is 1. The Hall–Kier alpha value is -2.60. The lowest BCUT2D eigenvalue weighted by Gasteiger charge is -2.18. The van der Waals surface area contributed by atoms with Crippen molar-refractivity contribution in [2.45, 2.75) is 6.54 Å². The van der Waals surface area contributed by atoms with E-state index >= 15 is 0 Å². The van der Waals surface area contributed by atoms with Crippen LogP contribution in [0.4, 0.5) is 5.69 Å². The molecule has 2 aromatic rings. The number of anilines is 1. The van der Waals surface area contributed by atoms with Crippen LogP contribution in [0.25, 0.3) is 0 Å². The van der Waals surface area contributed by atoms with Gasteiger partial charge in [0.1, 0.15) is 5.75 Å². The van der Waals surface area contributed by atoms with Crippen LogP contribution >= 0.6 is 0 Å². The smallest absolute Gasteiger partial charge is 0.257 e. The van der Waals surface area contributed by atoms with Crippen LogP contribution in [0.15, 0.2) is 42.7 Å². The molecule has 0 aliphatic rings. The maximum atomic E-state index is 12.4. The lowest BCUT2D eigenvalue weighted by Crippen LogP contribution is -2.27. The first-order valence-electron chi connectivity index (χ1n) is 6.44. The van der Waals surface area contributed by atoms with Gasteiger partial charge in [0.25, 0.3) is 5.91 Å². The second-order valence-corrected chi connectivity index (χ2v) is 4.57. The van der Waals surface area contributed by atoms with Gasteiger partial charge in [-0.2, -0.15) is 0 Å². The van der Waals surface area contributed by atoms with Crippen LogP contribution in [0.3, 0.4) is 0 Å². The third-order valence-electron chi connectivity index (χ3n) is 3.13. The first-order chi connectivity index (χ1) is 10.2. The van der Waals surface area contributed by atoms with Crippen molar-refractivity contribution in [2.75, 3.05) is 19.6 Å². The van der Waals surface area contributed by atoms with Crippen LogP contribution < -0.4 is 16.0 Å². The highest BCUT2D eigenvalue weighted by Crippen LogP contribution is 2.17. The molecule has 0 fully saturated rings. The summed E-state index contributed by atoms with van der Waals surface area (Å²) < 4.78 is 5.11. The molecule has 0 saturated carbocycles. The van der Waals surface area contributed by atoms with Gasteiger partial charge >= 0.3 is 0 Å². The first-order valence-corrected chi connectivity index (χ1v) is 6.44. The maximum absolute atomic E-state index is 12.4. The third-order valence-corrected chi connectivity index (χ3v) is 3.13. The summed E-state index contributed by atoms with van der Waals surface area (Å²) in [5, 5.41) is 0. The number of carbonyl (C=O) groups is 1. The highest BCUT2D eigenvalue weighted by Gasteiger charge is 2.15. The van der Waals surface area contributed by atoms with Crippen LogP contribution in [0.2, 0.25) is 0 Å². The Labute approximate surface area is 123 Å². The van der Waals surface area contributed by atoms with E-state index in [9.17, 15) is 4.79 Å². The number of nitrogen functional groups attached to an aromatic ring is 1. The number of aromatic nitrogens is 1. The highest BCUT2D eigenvalue weighted by atomic mass is 16.5. The van der Waals surface area contributed by atoms with E-state index in [4.69, 9.17) is 10.6 Å². The van der Waals surface area contributed by atoms with E-state index in [1.807, 2.05) is 24.3 Å². The number of pyridine rings is 1. The summed E-state index contributed by atoms with van der Waals surface area (Å²) in [6.07, 6.45) is 3.08. The fraction of sp³-hybridized carbons (Fsp3) is 0.200. The van der Waals surface area contributed by atoms with E-state index in [1.165, 1.54) is 6.20 Å². The average molecular weight is 286 g/mol. The Bertz CT molecular complexity index is 613. The summed E-state index contributed by atoms with van der Waals surface area (Å²) in [5.41, 5.74) is 4.51. The van der Waals surface area contributed by atoms with E-state index in [-0.39, 0.29) is 5.91 Å². The van der Waals surface area contributed by atoms with Crippen molar-refractivity contribution in [1.82, 2.24) is 9.88 Å². The van der Waals surface area contributed by atoms with Crippen molar-refractivity contribution in [3.8, 4) is 5.75 Å². The van der Waals surface area contributed by atoms with E-state index in [2.05, 4.69) is 10.4 Å². The van der Waals surface area contributed by atoms with Gasteiger partial charge in [0, 0.05) is 26.0 Å². The van der Waals surface area contributed by atoms with Crippen LogP contribution in [0, 0.1) is 0 Å². The van der Waals surface area contributed by atoms with Crippen molar-refractivity contribution < 1.29 is 9.53 Å². The molecule has 6 nitrogen and oxygen atoms in total. The molecular formula is C15H18N4O2. The fourth-order valence-corrected chi connectivity index (χ4v) is 1.97. The zero-order valence-corrected chi connectivity index (χ0v) is 12.0. The van der Waals surface area contributed by atoms with Crippen LogP contribution in [-0.4, -0.2) is 29.9 Å². The number of hydrogen-bond acceptors (Lipinski definition) is 5. The van der Waals surface area contributed by atoms with Gasteiger partial charge in [-0.3, -0.25) is 15.6 Å². The number of nitrogens with two attached hydrogens (primary N) is 1. The molecule has 1 aromatic heterocycles. The van der Waals surface area contributed by atoms with Crippen LogP contribution in [0.1, 0.15) is 15.9 Å². The normalized spacial score (nSPS) is 10.0. The average Bonchev–Trinajstić information content (AvgIpc) is 2.54. The van der Waals surface area contributed by atoms with Gasteiger partial charge in [0.15, 0.2) is 0 Å². The quantitative estimate of drug-likeness (QED) is 0.645. The molecule has 0 aliphatic heterocycles. The van der Waals surface area contributed by atoms with Gasteiger partial charge in [-0.15, -0.1) is 0 Å². The van der Waals surface area contributed by atoms with Gasteiger partial charge < -0.3 is 15.1 Å². The summed E-state index contributed by atoms with van der Waals surface area (Å²) >= 11 is 0. The van der Waals surface area contributed by atoms with Crippen molar-refractivity contribution in [3.63, 3.8) is 0 Å². The Balaban J connectivity index is 2.11. The molecule has 0 atom stereocenters. The minimum absolute atomic E-state index is 0.146. The van der Waals surface area contributed by atoms with Gasteiger partial charge in [0.05, 0.1) is 18.4 Å². The zero-order chi connectivity index (χ0) is 15.2. The Kier molecular flexibility index (Phi) is 4.73. The number of rotatable bonds is 5. The Morgan fingerprint density at radius 2 is 2.05 bits per heavy atom. The van der Waals surface area contributed by atoms with Crippen molar-refractivity contribution >= 4 is 11.6 Å². The zero-order valence-electron chi connectivity index (χ0n) is 12.0. The molecule has 1 heterocycles. The van der Waals surface area contributed by atoms with Gasteiger partial charge in [-0.25, -0.2) is 0 Å². The van der Waals surface area contributed by atoms with Crippen molar-refractivity contribution in [1.29, 1.82) is 0 Å². The number of hydrazine groups is 1. The summed E-state index contributed by atoms with van der Waals surface area (Å²) in [5.74, 6) is 6.05. The molecule has 0 aliphatic carbocycles. The van der Waals surface area contributed by atoms with Crippen molar-refractivity contribution in [3.05, 3.63) is 53.9 Å². The molecule has 0 saturated heterocycles. The molecule has 6 heteroatoms. The molecule has 0 spiro atoms. The SMILES string of the molecule is COc1ccc(CN(C)C(=O)c2cnccc2NN)cc1. The molecule has 0 unspecified atom stereocenters. The molecule has 0 radical (unpaired) electrons. The lowest BCUT2D eigenvalue weighted by atomic mass is 10.1. The second-order valence-electron chi connectivity index (χ2n) is 4.57. The van der Waals surface area contributed by atoms with Gasteiger partial charge in [-0.05, 0) is 23.8 Å². The summed E-state index contributed by atoms with van der Waals surface area (Å²) in [6.45, 7) is 0.488. The largest absolute Gasteiger partial charge is 0.497 e. The maximum Gasteiger partial charge on any atom is 0.257 e. The predicted molar refractivity (Wildman–Crippen MR) is 80.8 cm³/mol. The van der Waals surface area contributed by atoms with E-state index < -0.39 is 0 Å². The van der Waals surface area contributed by atoms with E-state index in [0.717, 1.165) is 11.3 Å². The van der Waals surface area contributed by atoms with Gasteiger partial charge in [-0.1, -0.05) is 12.1 Å². The summed E-state index contributed by atoms with van der Waals surface area (Å²) in [6, 6.07) is 9.24. The third kappa shape index (κ3) is 3.49. The Morgan fingerprint density at radius 3 is 2.67 bits per heavy atom. The summed E-state index contributed by atoms with van der Waals surface area (Å²) in [7, 11) is 3.36. The number of carbonyl (C=O) groups excluding carboxylic acids is 1. The molecule has 21 heavy (non-hydrogen) atoms. The Morgan fingerprint density at radius 1 is 1.33 bits per heavy atom. The lowest BCUT2D eigenvalue weighted by molar-refractivity contribution is 0.0785. The fourth-order valence-electron chi connectivity index (χ4n) is 1.97. The molecule has 1 amide bonds. The predicted octanol–water partition coefficient (Wildman–Crippen LogP) is 1.65. The molecular weight excluding hydrogens is 268 g/mol. The second kappa shape index (κ2) is 6.71. The molecule has 0 bridgehead atoms. The molecule has 3 N–H and O–H groups in total. The minimum atomic E-state index is -0.146. The first kappa shape index (κ1) is 14.8. The number of nitrogens with one attached hydrogen (secondary N) is 1. The van der Waals surface area contributed by atoms with Crippen LogP contribution in [0.5, 0.6) is 5.75 Å².